The van der Waals surface area contributed by atoms with Gasteiger partial charge in [-0.1, -0.05) is 73.7 Å². The Labute approximate surface area is 245 Å². The van der Waals surface area contributed by atoms with E-state index in [1.54, 1.807) is 25.6 Å². The Bertz CT molecular complexity index is 1530. The summed E-state index contributed by atoms with van der Waals surface area (Å²) < 4.78 is 0.972. The SMILES string of the molecule is Cc1cc2c(c(Br)c1SCc1ccccc1)C1(N=NNN1C1CC1C(=O)N[C@H](C(=O)O)C(C)C)c1ccccc1-2. The lowest BCUT2D eigenvalue weighted by atomic mass is 9.96. The van der Waals surface area contributed by atoms with Gasteiger partial charge in [0.15, 0.2) is 0 Å². The number of hydrazine groups is 1. The number of carboxylic acids is 1. The minimum Gasteiger partial charge on any atom is -0.480 e. The van der Waals surface area contributed by atoms with Crippen molar-refractivity contribution in [3.8, 4) is 11.1 Å². The Hall–Kier alpha value is -3.21. The second kappa shape index (κ2) is 10.3. The van der Waals surface area contributed by atoms with Gasteiger partial charge >= 0.3 is 5.97 Å². The molecule has 1 saturated carbocycles. The highest BCUT2D eigenvalue weighted by atomic mass is 79.9. The third-order valence-corrected chi connectivity index (χ3v) is 10.3. The van der Waals surface area contributed by atoms with Crippen molar-refractivity contribution < 1.29 is 14.7 Å². The minimum atomic E-state index is -1.03. The van der Waals surface area contributed by atoms with Crippen LogP contribution in [-0.2, 0) is 21.0 Å². The lowest BCUT2D eigenvalue weighted by Gasteiger charge is -2.33. The zero-order valence-corrected chi connectivity index (χ0v) is 24.8. The molecule has 1 amide bonds. The molecular weight excluding hydrogens is 590 g/mol. The van der Waals surface area contributed by atoms with E-state index in [2.05, 4.69) is 81.4 Å². The van der Waals surface area contributed by atoms with Gasteiger partial charge in [0.1, 0.15) is 6.04 Å². The van der Waals surface area contributed by atoms with E-state index in [1.165, 1.54) is 11.1 Å². The number of carbonyl (C=O) groups is 2. The van der Waals surface area contributed by atoms with Crippen LogP contribution in [0.3, 0.4) is 0 Å². The molecule has 8 nitrogen and oxygen atoms in total. The van der Waals surface area contributed by atoms with E-state index in [0.717, 1.165) is 37.4 Å². The standard InChI is InChI=1S/C30H30BrN5O3S/c1-16(2)26(29(38)39)32-28(37)21-14-23(21)36-30(33-34-35-36)22-12-8-7-11-19(22)20-13-17(3)27(25(31)24(20)30)40-15-18-9-5-4-6-10-18/h4-13,16,21,23,26H,14-15H2,1-3H3,(H,32,37)(H,33,35)(H,38,39)/t21?,23?,26-,30?/m0/s1. The van der Waals surface area contributed by atoms with Crippen molar-refractivity contribution in [2.24, 2.45) is 22.2 Å². The summed E-state index contributed by atoms with van der Waals surface area (Å²) in [5.41, 5.74) is 8.74. The van der Waals surface area contributed by atoms with Crippen LogP contribution in [-0.4, -0.2) is 34.1 Å². The molecule has 1 heterocycles. The first-order valence-corrected chi connectivity index (χ1v) is 15.1. The molecule has 3 aromatic carbocycles. The number of hydrogen-bond acceptors (Lipinski definition) is 7. The van der Waals surface area contributed by atoms with Crippen LogP contribution in [0, 0.1) is 18.8 Å². The van der Waals surface area contributed by atoms with E-state index >= 15 is 0 Å². The number of carbonyl (C=O) groups excluding carboxylic acids is 1. The van der Waals surface area contributed by atoms with Gasteiger partial charge in [-0.25, -0.2) is 10.3 Å². The molecule has 3 N–H and O–H groups in total. The van der Waals surface area contributed by atoms with Crippen LogP contribution in [0.2, 0.25) is 0 Å². The van der Waals surface area contributed by atoms with Gasteiger partial charge in [0, 0.05) is 32.3 Å². The molecule has 0 saturated heterocycles. The van der Waals surface area contributed by atoms with Crippen molar-refractivity contribution in [2.45, 2.75) is 55.6 Å². The highest BCUT2D eigenvalue weighted by Crippen LogP contribution is 2.59. The first-order chi connectivity index (χ1) is 19.2. The maximum atomic E-state index is 13.2. The predicted octanol–water partition coefficient (Wildman–Crippen LogP) is 6.03. The van der Waals surface area contributed by atoms with E-state index in [0.29, 0.717) is 6.42 Å². The smallest absolute Gasteiger partial charge is 0.326 e. The first kappa shape index (κ1) is 27.0. The fourth-order valence-corrected chi connectivity index (χ4v) is 8.00. The summed E-state index contributed by atoms with van der Waals surface area (Å²) in [7, 11) is 0. The molecule has 3 aromatic rings. The number of hydrogen-bond donors (Lipinski definition) is 3. The second-order valence-electron chi connectivity index (χ2n) is 10.9. The number of nitrogens with zero attached hydrogens (tertiary/aromatic N) is 3. The summed E-state index contributed by atoms with van der Waals surface area (Å²) in [4.78, 5) is 26.0. The van der Waals surface area contributed by atoms with Crippen LogP contribution in [0.25, 0.3) is 11.1 Å². The van der Waals surface area contributed by atoms with Crippen LogP contribution in [0.5, 0.6) is 0 Å². The molecule has 4 atom stereocenters. The predicted molar refractivity (Wildman–Crippen MR) is 157 cm³/mol. The summed E-state index contributed by atoms with van der Waals surface area (Å²) >= 11 is 5.76. The van der Waals surface area contributed by atoms with Crippen LogP contribution < -0.4 is 10.9 Å². The molecular formula is C30H30BrN5O3S. The zero-order chi connectivity index (χ0) is 28.2. The van der Waals surface area contributed by atoms with E-state index in [1.807, 2.05) is 23.2 Å². The van der Waals surface area contributed by atoms with Gasteiger partial charge in [-0.15, -0.1) is 16.9 Å². The van der Waals surface area contributed by atoms with E-state index in [9.17, 15) is 14.7 Å². The Kier molecular flexibility index (Phi) is 6.96. The van der Waals surface area contributed by atoms with Crippen molar-refractivity contribution in [2.75, 3.05) is 0 Å². The molecule has 3 unspecified atom stereocenters. The Morgan fingerprint density at radius 3 is 2.62 bits per heavy atom. The van der Waals surface area contributed by atoms with E-state index in [-0.39, 0.29) is 23.8 Å². The Morgan fingerprint density at radius 2 is 1.90 bits per heavy atom. The summed E-state index contributed by atoms with van der Waals surface area (Å²) in [6.45, 7) is 5.71. The first-order valence-electron chi connectivity index (χ1n) is 13.3. The molecule has 0 bridgehead atoms. The third kappa shape index (κ3) is 4.33. The van der Waals surface area contributed by atoms with Gasteiger partial charge in [-0.05, 0) is 63.5 Å². The van der Waals surface area contributed by atoms with Crippen LogP contribution in [0.4, 0.5) is 0 Å². The fraction of sp³-hybridized carbons (Fsp3) is 0.333. The molecule has 1 fully saturated rings. The molecule has 40 heavy (non-hydrogen) atoms. The molecule has 10 heteroatoms. The molecule has 6 rings (SSSR count). The quantitative estimate of drug-likeness (QED) is 0.266. The van der Waals surface area contributed by atoms with Gasteiger partial charge in [0.05, 0.1) is 5.92 Å². The van der Waals surface area contributed by atoms with Gasteiger partial charge in [0.2, 0.25) is 11.6 Å². The van der Waals surface area contributed by atoms with Gasteiger partial charge in [-0.3, -0.25) is 4.79 Å². The van der Waals surface area contributed by atoms with E-state index < -0.39 is 17.7 Å². The summed E-state index contributed by atoms with van der Waals surface area (Å²) in [6, 6.07) is 19.7. The number of halogens is 1. The number of nitrogens with one attached hydrogen (secondary N) is 2. The van der Waals surface area contributed by atoms with Gasteiger partial charge in [-0.2, -0.15) is 5.01 Å². The largest absolute Gasteiger partial charge is 0.480 e. The topological polar surface area (TPSA) is 106 Å². The molecule has 3 aliphatic rings. The summed E-state index contributed by atoms with van der Waals surface area (Å²) in [6.07, 6.45) is 0.576. The maximum Gasteiger partial charge on any atom is 0.326 e. The number of benzene rings is 3. The van der Waals surface area contributed by atoms with Crippen molar-refractivity contribution in [1.29, 1.82) is 0 Å². The Balaban J connectivity index is 1.37. The van der Waals surface area contributed by atoms with Crippen molar-refractivity contribution in [3.05, 3.63) is 87.4 Å². The number of aliphatic carboxylic acids is 1. The Morgan fingerprint density at radius 1 is 1.18 bits per heavy atom. The monoisotopic (exact) mass is 619 g/mol. The average Bonchev–Trinajstić information content (AvgIpc) is 3.53. The van der Waals surface area contributed by atoms with Crippen molar-refractivity contribution in [3.63, 3.8) is 0 Å². The number of rotatable bonds is 8. The molecule has 1 aliphatic heterocycles. The van der Waals surface area contributed by atoms with Crippen molar-refractivity contribution >= 4 is 39.6 Å². The van der Waals surface area contributed by atoms with Crippen LogP contribution in [0.1, 0.15) is 42.5 Å². The van der Waals surface area contributed by atoms with E-state index in [4.69, 9.17) is 5.11 Å². The number of fused-ring (bicyclic) bond motifs is 5. The zero-order valence-electron chi connectivity index (χ0n) is 22.4. The number of thioether (sulfide) groups is 1. The molecule has 1 spiro atoms. The minimum absolute atomic E-state index is 0.204. The molecule has 0 aromatic heterocycles. The molecule has 0 radical (unpaired) electrons. The summed E-state index contributed by atoms with van der Waals surface area (Å²) in [5.74, 6) is -1.06. The summed E-state index contributed by atoms with van der Waals surface area (Å²) in [5, 5.41) is 23.4. The lowest BCUT2D eigenvalue weighted by Crippen LogP contribution is -2.50. The van der Waals surface area contributed by atoms with Gasteiger partial charge < -0.3 is 10.4 Å². The van der Waals surface area contributed by atoms with Crippen LogP contribution >= 0.6 is 27.7 Å². The highest BCUT2D eigenvalue weighted by molar-refractivity contribution is 9.10. The normalized spacial score (nSPS) is 23.1. The fourth-order valence-electron chi connectivity index (χ4n) is 5.83. The lowest BCUT2D eigenvalue weighted by molar-refractivity contribution is -0.143. The second-order valence-corrected chi connectivity index (χ2v) is 12.7. The average molecular weight is 621 g/mol. The number of amides is 1. The highest BCUT2D eigenvalue weighted by Gasteiger charge is 2.61. The maximum absolute atomic E-state index is 13.2. The van der Waals surface area contributed by atoms with Gasteiger partial charge in [0.25, 0.3) is 0 Å². The third-order valence-electron chi connectivity index (χ3n) is 7.93. The molecule has 2 aliphatic carbocycles. The number of carboxylic acid groups (broad SMARTS) is 1. The van der Waals surface area contributed by atoms with Crippen molar-refractivity contribution in [1.82, 2.24) is 15.9 Å². The van der Waals surface area contributed by atoms with Crippen LogP contribution in [0.15, 0.2) is 80.4 Å². The molecule has 206 valence electrons. The number of aryl methyl sites for hydroxylation is 1.